The monoisotopic (exact) mass is 272 g/mol. The van der Waals surface area contributed by atoms with Crippen LogP contribution in [0, 0.1) is 12.7 Å². The molecule has 1 aromatic rings. The Hall–Kier alpha value is -1.14. The molecule has 0 radical (unpaired) electrons. The smallest absolute Gasteiger partial charge is 0.211 e. The first-order chi connectivity index (χ1) is 8.38. The first-order valence-electron chi connectivity index (χ1n) is 5.84. The Morgan fingerprint density at radius 1 is 1.17 bits per heavy atom. The van der Waals surface area contributed by atoms with E-state index >= 15 is 0 Å². The fourth-order valence-electron chi connectivity index (χ4n) is 2.13. The van der Waals surface area contributed by atoms with Gasteiger partial charge in [0.25, 0.3) is 0 Å². The molecule has 18 heavy (non-hydrogen) atoms. The van der Waals surface area contributed by atoms with Gasteiger partial charge in [-0.05, 0) is 24.6 Å². The minimum absolute atomic E-state index is 0.247. The molecule has 0 aliphatic carbocycles. The molecule has 2 rings (SSSR count). The second kappa shape index (κ2) is 4.85. The van der Waals surface area contributed by atoms with Crippen LogP contribution in [0.2, 0.25) is 0 Å². The number of piperazine rings is 1. The van der Waals surface area contributed by atoms with E-state index in [1.807, 2.05) is 17.9 Å². The van der Waals surface area contributed by atoms with Crippen molar-refractivity contribution in [2.45, 2.75) is 6.92 Å². The van der Waals surface area contributed by atoms with E-state index in [0.29, 0.717) is 31.9 Å². The highest BCUT2D eigenvalue weighted by atomic mass is 32.2. The lowest BCUT2D eigenvalue weighted by Gasteiger charge is -2.34. The van der Waals surface area contributed by atoms with Gasteiger partial charge >= 0.3 is 0 Å². The van der Waals surface area contributed by atoms with E-state index in [2.05, 4.69) is 0 Å². The topological polar surface area (TPSA) is 40.6 Å². The molecule has 0 N–H and O–H groups in total. The van der Waals surface area contributed by atoms with Crippen molar-refractivity contribution in [2.24, 2.45) is 0 Å². The van der Waals surface area contributed by atoms with Crippen molar-refractivity contribution < 1.29 is 12.8 Å². The molecule has 0 unspecified atom stereocenters. The fourth-order valence-corrected chi connectivity index (χ4v) is 2.96. The molecular formula is C12H17FN2O2S. The maximum atomic E-state index is 13.8. The van der Waals surface area contributed by atoms with Crippen LogP contribution in [-0.4, -0.2) is 45.2 Å². The molecule has 4 nitrogen and oxygen atoms in total. The standard InChI is InChI=1S/C12H17FN2O2S/c1-10-3-4-12(11(13)9-10)14-5-7-15(8-6-14)18(2,16)17/h3-4,9H,5-8H2,1-2H3. The number of halogens is 1. The van der Waals surface area contributed by atoms with E-state index in [1.54, 1.807) is 6.07 Å². The third kappa shape index (κ3) is 2.81. The SMILES string of the molecule is Cc1ccc(N2CCN(S(C)(=O)=O)CC2)c(F)c1. The Labute approximate surface area is 107 Å². The molecule has 0 aromatic heterocycles. The number of rotatable bonds is 2. The molecule has 0 saturated carbocycles. The number of nitrogens with zero attached hydrogens (tertiary/aromatic N) is 2. The summed E-state index contributed by atoms with van der Waals surface area (Å²) >= 11 is 0. The summed E-state index contributed by atoms with van der Waals surface area (Å²) in [7, 11) is -3.14. The Morgan fingerprint density at radius 3 is 2.28 bits per heavy atom. The third-order valence-electron chi connectivity index (χ3n) is 3.15. The average molecular weight is 272 g/mol. The number of hydrogen-bond acceptors (Lipinski definition) is 3. The van der Waals surface area contributed by atoms with Crippen LogP contribution in [0.15, 0.2) is 18.2 Å². The van der Waals surface area contributed by atoms with E-state index in [9.17, 15) is 12.8 Å². The van der Waals surface area contributed by atoms with E-state index in [1.165, 1.54) is 16.6 Å². The van der Waals surface area contributed by atoms with Crippen LogP contribution >= 0.6 is 0 Å². The maximum absolute atomic E-state index is 13.8. The molecule has 0 spiro atoms. The number of hydrogen-bond donors (Lipinski definition) is 0. The molecule has 1 aliphatic rings. The van der Waals surface area contributed by atoms with Gasteiger partial charge in [-0.2, -0.15) is 4.31 Å². The van der Waals surface area contributed by atoms with Gasteiger partial charge in [-0.15, -0.1) is 0 Å². The normalized spacial score (nSPS) is 18.1. The predicted octanol–water partition coefficient (Wildman–Crippen LogP) is 1.22. The molecule has 0 amide bonds. The Bertz CT molecular complexity index is 537. The largest absolute Gasteiger partial charge is 0.367 e. The molecule has 6 heteroatoms. The van der Waals surface area contributed by atoms with Crippen molar-refractivity contribution in [3.8, 4) is 0 Å². The Balaban J connectivity index is 2.10. The lowest BCUT2D eigenvalue weighted by Crippen LogP contribution is -2.48. The van der Waals surface area contributed by atoms with Crippen molar-refractivity contribution >= 4 is 15.7 Å². The van der Waals surface area contributed by atoms with Gasteiger partial charge in [-0.3, -0.25) is 0 Å². The molecule has 100 valence electrons. The minimum Gasteiger partial charge on any atom is -0.367 e. The minimum atomic E-state index is -3.14. The second-order valence-corrected chi connectivity index (χ2v) is 6.59. The summed E-state index contributed by atoms with van der Waals surface area (Å²) in [5, 5.41) is 0. The van der Waals surface area contributed by atoms with Crippen LogP contribution < -0.4 is 4.90 Å². The van der Waals surface area contributed by atoms with Crippen molar-refractivity contribution in [1.29, 1.82) is 0 Å². The molecule has 1 aromatic carbocycles. The van der Waals surface area contributed by atoms with Gasteiger partial charge in [-0.1, -0.05) is 6.07 Å². The lowest BCUT2D eigenvalue weighted by molar-refractivity contribution is 0.386. The lowest BCUT2D eigenvalue weighted by atomic mass is 10.2. The van der Waals surface area contributed by atoms with Gasteiger partial charge in [0.1, 0.15) is 5.82 Å². The summed E-state index contributed by atoms with van der Waals surface area (Å²) in [5.41, 5.74) is 1.43. The van der Waals surface area contributed by atoms with Crippen LogP contribution in [0.4, 0.5) is 10.1 Å². The van der Waals surface area contributed by atoms with Crippen LogP contribution in [0.3, 0.4) is 0 Å². The highest BCUT2D eigenvalue weighted by Gasteiger charge is 2.24. The Kier molecular flexibility index (Phi) is 3.59. The van der Waals surface area contributed by atoms with Crippen molar-refractivity contribution in [2.75, 3.05) is 37.3 Å². The zero-order chi connectivity index (χ0) is 13.3. The van der Waals surface area contributed by atoms with Crippen LogP contribution in [0.1, 0.15) is 5.56 Å². The highest BCUT2D eigenvalue weighted by molar-refractivity contribution is 7.88. The van der Waals surface area contributed by atoms with Gasteiger partial charge in [-0.25, -0.2) is 12.8 Å². The molecule has 1 heterocycles. The molecule has 0 atom stereocenters. The summed E-state index contributed by atoms with van der Waals surface area (Å²) in [5.74, 6) is -0.247. The van der Waals surface area contributed by atoms with Gasteiger partial charge in [0.05, 0.1) is 11.9 Å². The number of benzene rings is 1. The van der Waals surface area contributed by atoms with Crippen molar-refractivity contribution in [1.82, 2.24) is 4.31 Å². The number of sulfonamides is 1. The fraction of sp³-hybridized carbons (Fsp3) is 0.500. The Morgan fingerprint density at radius 2 is 1.78 bits per heavy atom. The van der Waals surface area contributed by atoms with Crippen molar-refractivity contribution in [3.05, 3.63) is 29.6 Å². The molecule has 0 bridgehead atoms. The summed E-state index contributed by atoms with van der Waals surface area (Å²) in [4.78, 5) is 1.89. The van der Waals surface area contributed by atoms with Crippen molar-refractivity contribution in [3.63, 3.8) is 0 Å². The highest BCUT2D eigenvalue weighted by Crippen LogP contribution is 2.22. The number of anilines is 1. The summed E-state index contributed by atoms with van der Waals surface area (Å²) in [6.07, 6.45) is 1.20. The first-order valence-corrected chi connectivity index (χ1v) is 7.69. The van der Waals surface area contributed by atoms with E-state index in [0.717, 1.165) is 5.56 Å². The predicted molar refractivity (Wildman–Crippen MR) is 69.8 cm³/mol. The number of aryl methyl sites for hydroxylation is 1. The van der Waals surface area contributed by atoms with Crippen LogP contribution in [0.25, 0.3) is 0 Å². The summed E-state index contributed by atoms with van der Waals surface area (Å²) in [6, 6.07) is 5.11. The second-order valence-electron chi connectivity index (χ2n) is 4.60. The summed E-state index contributed by atoms with van der Waals surface area (Å²) in [6.45, 7) is 3.70. The first kappa shape index (κ1) is 13.3. The third-order valence-corrected chi connectivity index (χ3v) is 4.45. The van der Waals surface area contributed by atoms with E-state index in [-0.39, 0.29) is 5.82 Å². The molecular weight excluding hydrogens is 255 g/mol. The molecule has 1 saturated heterocycles. The van der Waals surface area contributed by atoms with Gasteiger partial charge in [0.2, 0.25) is 10.0 Å². The van der Waals surface area contributed by atoms with E-state index < -0.39 is 10.0 Å². The summed E-state index contributed by atoms with van der Waals surface area (Å²) < 4.78 is 38.0. The van der Waals surface area contributed by atoms with Gasteiger partial charge in [0, 0.05) is 26.2 Å². The van der Waals surface area contributed by atoms with E-state index in [4.69, 9.17) is 0 Å². The molecule has 1 fully saturated rings. The molecule has 1 aliphatic heterocycles. The van der Waals surface area contributed by atoms with Crippen LogP contribution in [0.5, 0.6) is 0 Å². The zero-order valence-electron chi connectivity index (χ0n) is 10.6. The van der Waals surface area contributed by atoms with Gasteiger partial charge < -0.3 is 4.90 Å². The van der Waals surface area contributed by atoms with Gasteiger partial charge in [0.15, 0.2) is 0 Å². The quantitative estimate of drug-likeness (QED) is 0.812. The zero-order valence-corrected chi connectivity index (χ0v) is 11.4. The maximum Gasteiger partial charge on any atom is 0.211 e. The van der Waals surface area contributed by atoms with Crippen LogP contribution in [-0.2, 0) is 10.0 Å². The average Bonchev–Trinajstić information content (AvgIpc) is 2.28.